The molecule has 0 amide bonds. The van der Waals surface area contributed by atoms with Gasteiger partial charge in [0.15, 0.2) is 11.5 Å². The van der Waals surface area contributed by atoms with E-state index in [1.165, 1.54) is 0 Å². The molecule has 0 aliphatic carbocycles. The van der Waals surface area contributed by atoms with E-state index in [0.29, 0.717) is 13.2 Å². The van der Waals surface area contributed by atoms with E-state index in [4.69, 9.17) is 15.3 Å². The molecular weight excluding hydrogens is 256 g/mol. The lowest BCUT2D eigenvalue weighted by molar-refractivity contribution is 0.171. The van der Waals surface area contributed by atoms with Gasteiger partial charge < -0.3 is 9.47 Å². The van der Waals surface area contributed by atoms with E-state index in [1.807, 2.05) is 37.5 Å². The second kappa shape index (κ2) is 5.52. The molecule has 3 N–H and O–H groups in total. The van der Waals surface area contributed by atoms with E-state index in [-0.39, 0.29) is 6.04 Å². The number of fused-ring (bicyclic) bond motifs is 1. The minimum absolute atomic E-state index is 0.0132. The molecule has 1 unspecified atom stereocenters. The van der Waals surface area contributed by atoms with Gasteiger partial charge in [0, 0.05) is 19.7 Å². The van der Waals surface area contributed by atoms with Crippen molar-refractivity contribution in [2.24, 2.45) is 12.9 Å². The van der Waals surface area contributed by atoms with Gasteiger partial charge in [-0.1, -0.05) is 6.07 Å². The normalized spacial score (nSPS) is 15.1. The molecule has 3 rings (SSSR count). The highest BCUT2D eigenvalue weighted by Gasteiger charge is 2.17. The molecule has 0 saturated carbocycles. The number of rotatable bonds is 4. The Morgan fingerprint density at radius 1 is 1.30 bits per heavy atom. The second-order valence-electron chi connectivity index (χ2n) is 4.81. The van der Waals surface area contributed by atoms with Crippen molar-refractivity contribution in [2.45, 2.75) is 12.5 Å². The lowest BCUT2D eigenvalue weighted by Gasteiger charge is -2.21. The standard InChI is InChI=1S/C14H18N4O2/c1-18-5-4-11(17-18)9-12(16-15)10-2-3-13-14(8-10)20-7-6-19-13/h2-5,8,12,16H,6-7,9,15H2,1H3. The summed E-state index contributed by atoms with van der Waals surface area (Å²) in [5.41, 5.74) is 4.89. The van der Waals surface area contributed by atoms with Crippen LogP contribution in [0, 0.1) is 0 Å². The Labute approximate surface area is 117 Å². The zero-order chi connectivity index (χ0) is 13.9. The predicted octanol–water partition coefficient (Wildman–Crippen LogP) is 0.938. The van der Waals surface area contributed by atoms with E-state index >= 15 is 0 Å². The summed E-state index contributed by atoms with van der Waals surface area (Å²) in [7, 11) is 1.90. The zero-order valence-corrected chi connectivity index (χ0v) is 11.4. The molecule has 106 valence electrons. The fourth-order valence-electron chi connectivity index (χ4n) is 2.33. The summed E-state index contributed by atoms with van der Waals surface area (Å²) in [6, 6.07) is 7.87. The van der Waals surface area contributed by atoms with Crippen LogP contribution in [0.2, 0.25) is 0 Å². The van der Waals surface area contributed by atoms with Gasteiger partial charge in [0.05, 0.1) is 11.7 Å². The Kier molecular flexibility index (Phi) is 3.58. The SMILES string of the molecule is Cn1ccc(CC(NN)c2ccc3c(c2)OCCO3)n1. The van der Waals surface area contributed by atoms with Gasteiger partial charge in [-0.3, -0.25) is 16.0 Å². The molecule has 1 aromatic heterocycles. The number of hydrazine groups is 1. The molecule has 1 atom stereocenters. The molecule has 1 aliphatic rings. The van der Waals surface area contributed by atoms with Crippen molar-refractivity contribution in [1.29, 1.82) is 0 Å². The maximum Gasteiger partial charge on any atom is 0.161 e. The predicted molar refractivity (Wildman–Crippen MR) is 74.4 cm³/mol. The summed E-state index contributed by atoms with van der Waals surface area (Å²) >= 11 is 0. The summed E-state index contributed by atoms with van der Waals surface area (Å²) in [5, 5.41) is 4.38. The van der Waals surface area contributed by atoms with E-state index in [2.05, 4.69) is 10.5 Å². The molecule has 0 saturated heterocycles. The number of hydrogen-bond donors (Lipinski definition) is 2. The second-order valence-corrected chi connectivity index (χ2v) is 4.81. The van der Waals surface area contributed by atoms with Crippen molar-refractivity contribution in [1.82, 2.24) is 15.2 Å². The van der Waals surface area contributed by atoms with E-state index in [0.717, 1.165) is 29.2 Å². The third-order valence-electron chi connectivity index (χ3n) is 3.35. The molecule has 6 nitrogen and oxygen atoms in total. The van der Waals surface area contributed by atoms with Gasteiger partial charge in [0.2, 0.25) is 0 Å². The van der Waals surface area contributed by atoms with E-state index in [1.54, 1.807) is 4.68 Å². The Balaban J connectivity index is 1.81. The van der Waals surface area contributed by atoms with Gasteiger partial charge in [-0.25, -0.2) is 0 Å². The van der Waals surface area contributed by atoms with Crippen LogP contribution in [-0.2, 0) is 13.5 Å². The van der Waals surface area contributed by atoms with Crippen molar-refractivity contribution in [3.05, 3.63) is 41.7 Å². The third kappa shape index (κ3) is 2.61. The Bertz CT molecular complexity index is 597. The van der Waals surface area contributed by atoms with E-state index < -0.39 is 0 Å². The number of aryl methyl sites for hydroxylation is 1. The summed E-state index contributed by atoms with van der Waals surface area (Å²) in [6.07, 6.45) is 2.64. The van der Waals surface area contributed by atoms with Gasteiger partial charge in [-0.15, -0.1) is 0 Å². The molecule has 1 aliphatic heterocycles. The first-order chi connectivity index (χ1) is 9.76. The minimum Gasteiger partial charge on any atom is -0.486 e. The molecule has 0 spiro atoms. The number of nitrogens with zero attached hydrogens (tertiary/aromatic N) is 2. The van der Waals surface area contributed by atoms with Crippen LogP contribution in [0.25, 0.3) is 0 Å². The van der Waals surface area contributed by atoms with Crippen molar-refractivity contribution in [3.63, 3.8) is 0 Å². The fraction of sp³-hybridized carbons (Fsp3) is 0.357. The summed E-state index contributed by atoms with van der Waals surface area (Å²) in [4.78, 5) is 0. The van der Waals surface area contributed by atoms with Crippen LogP contribution in [0.4, 0.5) is 0 Å². The Morgan fingerprint density at radius 3 is 2.80 bits per heavy atom. The van der Waals surface area contributed by atoms with Crippen molar-refractivity contribution in [3.8, 4) is 11.5 Å². The Morgan fingerprint density at radius 2 is 2.10 bits per heavy atom. The van der Waals surface area contributed by atoms with E-state index in [9.17, 15) is 0 Å². The first-order valence-electron chi connectivity index (χ1n) is 6.60. The van der Waals surface area contributed by atoms with Crippen LogP contribution in [0.1, 0.15) is 17.3 Å². The van der Waals surface area contributed by atoms with Gasteiger partial charge in [-0.2, -0.15) is 5.10 Å². The average Bonchev–Trinajstić information content (AvgIpc) is 2.89. The lowest BCUT2D eigenvalue weighted by atomic mass is 10.0. The number of nitrogens with one attached hydrogen (secondary N) is 1. The smallest absolute Gasteiger partial charge is 0.161 e. The Hall–Kier alpha value is -2.05. The molecule has 0 bridgehead atoms. The van der Waals surface area contributed by atoms with Crippen LogP contribution >= 0.6 is 0 Å². The number of hydrogen-bond acceptors (Lipinski definition) is 5. The highest BCUT2D eigenvalue weighted by atomic mass is 16.6. The summed E-state index contributed by atoms with van der Waals surface area (Å²) in [6.45, 7) is 1.18. The topological polar surface area (TPSA) is 74.3 Å². The van der Waals surface area contributed by atoms with Gasteiger partial charge in [0.1, 0.15) is 13.2 Å². The van der Waals surface area contributed by atoms with Crippen LogP contribution in [-0.4, -0.2) is 23.0 Å². The first-order valence-corrected chi connectivity index (χ1v) is 6.60. The average molecular weight is 274 g/mol. The third-order valence-corrected chi connectivity index (χ3v) is 3.35. The number of ether oxygens (including phenoxy) is 2. The highest BCUT2D eigenvalue weighted by molar-refractivity contribution is 5.44. The molecule has 0 radical (unpaired) electrons. The van der Waals surface area contributed by atoms with Gasteiger partial charge >= 0.3 is 0 Å². The fourth-order valence-corrected chi connectivity index (χ4v) is 2.33. The van der Waals surface area contributed by atoms with Crippen LogP contribution < -0.4 is 20.7 Å². The first kappa shape index (κ1) is 13.0. The number of nitrogens with two attached hydrogens (primary N) is 1. The monoisotopic (exact) mass is 274 g/mol. The largest absolute Gasteiger partial charge is 0.486 e. The van der Waals surface area contributed by atoms with Crippen molar-refractivity contribution >= 4 is 0 Å². The maximum absolute atomic E-state index is 5.68. The molecule has 2 heterocycles. The summed E-state index contributed by atoms with van der Waals surface area (Å²) in [5.74, 6) is 7.24. The molecule has 1 aromatic carbocycles. The lowest BCUT2D eigenvalue weighted by Crippen LogP contribution is -2.30. The van der Waals surface area contributed by atoms with Crippen molar-refractivity contribution in [2.75, 3.05) is 13.2 Å². The van der Waals surface area contributed by atoms with Crippen LogP contribution in [0.3, 0.4) is 0 Å². The molecule has 6 heteroatoms. The highest BCUT2D eigenvalue weighted by Crippen LogP contribution is 2.33. The molecule has 0 fully saturated rings. The van der Waals surface area contributed by atoms with Crippen molar-refractivity contribution < 1.29 is 9.47 Å². The minimum atomic E-state index is -0.0132. The molecular formula is C14H18N4O2. The maximum atomic E-state index is 5.68. The quantitative estimate of drug-likeness (QED) is 0.641. The molecule has 2 aromatic rings. The number of aromatic nitrogens is 2. The van der Waals surface area contributed by atoms with Gasteiger partial charge in [-0.05, 0) is 23.8 Å². The number of benzene rings is 1. The van der Waals surface area contributed by atoms with Crippen LogP contribution in [0.5, 0.6) is 11.5 Å². The zero-order valence-electron chi connectivity index (χ0n) is 11.4. The molecule has 20 heavy (non-hydrogen) atoms. The summed E-state index contributed by atoms with van der Waals surface area (Å²) < 4.78 is 12.9. The van der Waals surface area contributed by atoms with Gasteiger partial charge in [0.25, 0.3) is 0 Å². The van der Waals surface area contributed by atoms with Crippen LogP contribution in [0.15, 0.2) is 30.5 Å².